The second kappa shape index (κ2) is 6.23. The zero-order valence-electron chi connectivity index (χ0n) is 18.4. The van der Waals surface area contributed by atoms with Crippen molar-refractivity contribution in [3.8, 4) is 0 Å². The molecule has 0 nitrogen and oxygen atoms in total. The van der Waals surface area contributed by atoms with Gasteiger partial charge in [0.15, 0.2) is 0 Å². The Labute approximate surface area is 166 Å². The highest BCUT2D eigenvalue weighted by Gasteiger charge is 2.55. The molecule has 3 aliphatic carbocycles. The third kappa shape index (κ3) is 2.35. The molecular weight excluding hydrogens is 324 g/mol. The lowest BCUT2D eigenvalue weighted by atomic mass is 9.53. The lowest BCUT2D eigenvalue weighted by Crippen LogP contribution is -2.44. The van der Waals surface area contributed by atoms with Crippen molar-refractivity contribution in [2.24, 2.45) is 11.3 Å². The molecule has 27 heavy (non-hydrogen) atoms. The molecule has 0 amide bonds. The second-order valence-corrected chi connectivity index (χ2v) is 9.90. The van der Waals surface area contributed by atoms with Crippen LogP contribution in [0.25, 0.3) is 6.08 Å². The van der Waals surface area contributed by atoms with E-state index in [2.05, 4.69) is 72.8 Å². The van der Waals surface area contributed by atoms with Crippen molar-refractivity contribution in [2.75, 3.05) is 0 Å². The Hall–Kier alpha value is -1.56. The molecule has 0 bridgehead atoms. The van der Waals surface area contributed by atoms with Crippen molar-refractivity contribution < 1.29 is 0 Å². The minimum atomic E-state index is 0.0831. The fourth-order valence-electron chi connectivity index (χ4n) is 6.52. The van der Waals surface area contributed by atoms with Gasteiger partial charge in [-0.3, -0.25) is 0 Å². The molecule has 0 fully saturated rings. The maximum absolute atomic E-state index is 2.60. The van der Waals surface area contributed by atoms with E-state index in [1.807, 2.05) is 0 Å². The van der Waals surface area contributed by atoms with Crippen molar-refractivity contribution in [1.29, 1.82) is 0 Å². The van der Waals surface area contributed by atoms with Gasteiger partial charge in [0.05, 0.1) is 0 Å². The highest BCUT2D eigenvalue weighted by molar-refractivity contribution is 5.72. The van der Waals surface area contributed by atoms with Crippen LogP contribution in [0.1, 0.15) is 90.0 Å². The summed E-state index contributed by atoms with van der Waals surface area (Å²) in [5.41, 5.74) is 12.9. The first-order valence-corrected chi connectivity index (χ1v) is 10.9. The number of hydrogen-bond acceptors (Lipinski definition) is 0. The van der Waals surface area contributed by atoms with E-state index in [1.54, 1.807) is 27.8 Å². The third-order valence-electron chi connectivity index (χ3n) is 8.37. The minimum Gasteiger partial charge on any atom is -0.0721 e. The van der Waals surface area contributed by atoms with Crippen LogP contribution in [0, 0.1) is 11.3 Å². The van der Waals surface area contributed by atoms with Crippen LogP contribution in [0.2, 0.25) is 0 Å². The average molecular weight is 361 g/mol. The average Bonchev–Trinajstić information content (AvgIpc) is 3.10. The number of rotatable bonds is 3. The van der Waals surface area contributed by atoms with Crippen LogP contribution in [0.15, 0.2) is 40.5 Å². The summed E-state index contributed by atoms with van der Waals surface area (Å²) in [7, 11) is 0. The fourth-order valence-corrected chi connectivity index (χ4v) is 6.52. The Bertz CT molecular complexity index is 863. The Morgan fingerprint density at radius 3 is 2.19 bits per heavy atom. The summed E-state index contributed by atoms with van der Waals surface area (Å²) in [6, 6.07) is 4.83. The van der Waals surface area contributed by atoms with E-state index in [-0.39, 0.29) is 10.8 Å². The predicted octanol–water partition coefficient (Wildman–Crippen LogP) is 7.57. The molecule has 0 spiro atoms. The van der Waals surface area contributed by atoms with Gasteiger partial charge in [0, 0.05) is 10.8 Å². The Balaban J connectivity index is 2.04. The molecule has 144 valence electrons. The van der Waals surface area contributed by atoms with Crippen molar-refractivity contribution in [1.82, 2.24) is 0 Å². The molecule has 0 heteroatoms. The standard InChI is InChI=1S/C27H36/c1-17(2)16-27(26(7)20(5)18(3)19(4)21(26)6)15-14-23-13-12-22-10-8-9-11-24(22)25(23)27/h12-15,17H,8-11,16H2,1-7H3. The Kier molecular flexibility index (Phi) is 4.33. The summed E-state index contributed by atoms with van der Waals surface area (Å²) < 4.78 is 0. The molecule has 0 N–H and O–H groups in total. The van der Waals surface area contributed by atoms with Crippen LogP contribution >= 0.6 is 0 Å². The molecule has 1 aromatic rings. The quantitative estimate of drug-likeness (QED) is 0.521. The predicted molar refractivity (Wildman–Crippen MR) is 118 cm³/mol. The summed E-state index contributed by atoms with van der Waals surface area (Å²) in [5.74, 6) is 0.665. The number of fused-ring (bicyclic) bond motifs is 3. The summed E-state index contributed by atoms with van der Waals surface area (Å²) in [5, 5.41) is 0. The second-order valence-electron chi connectivity index (χ2n) is 9.90. The smallest absolute Gasteiger partial charge is 0.0275 e. The first-order chi connectivity index (χ1) is 12.7. The summed E-state index contributed by atoms with van der Waals surface area (Å²) >= 11 is 0. The summed E-state index contributed by atoms with van der Waals surface area (Å²) in [6.07, 6.45) is 11.5. The van der Waals surface area contributed by atoms with E-state index in [0.717, 1.165) is 0 Å². The molecule has 1 unspecified atom stereocenters. The first-order valence-electron chi connectivity index (χ1n) is 10.9. The lowest BCUT2D eigenvalue weighted by molar-refractivity contribution is 0.244. The van der Waals surface area contributed by atoms with Gasteiger partial charge < -0.3 is 0 Å². The van der Waals surface area contributed by atoms with Crippen LogP contribution < -0.4 is 0 Å². The Morgan fingerprint density at radius 2 is 1.56 bits per heavy atom. The molecule has 4 rings (SSSR count). The van der Waals surface area contributed by atoms with Gasteiger partial charge >= 0.3 is 0 Å². The van der Waals surface area contributed by atoms with Crippen molar-refractivity contribution in [3.63, 3.8) is 0 Å². The molecule has 1 aromatic carbocycles. The molecule has 1 atom stereocenters. The van der Waals surface area contributed by atoms with Crippen LogP contribution in [-0.2, 0) is 18.3 Å². The van der Waals surface area contributed by atoms with Crippen LogP contribution in [0.5, 0.6) is 0 Å². The normalized spacial score (nSPS) is 26.2. The number of hydrogen-bond donors (Lipinski definition) is 0. The van der Waals surface area contributed by atoms with Crippen LogP contribution in [0.3, 0.4) is 0 Å². The SMILES string of the molecule is CC1=C(C)C(C)(C2(CC(C)C)C=Cc3ccc4c(c32)CCCC4)C(C)=C1C. The molecule has 3 aliphatic rings. The maximum atomic E-state index is 2.60. The first kappa shape index (κ1) is 18.8. The van der Waals surface area contributed by atoms with Crippen molar-refractivity contribution >= 4 is 6.08 Å². The van der Waals surface area contributed by atoms with Gasteiger partial charge in [-0.15, -0.1) is 0 Å². The molecular formula is C27H36. The van der Waals surface area contributed by atoms with E-state index in [0.29, 0.717) is 5.92 Å². The van der Waals surface area contributed by atoms with Gasteiger partial charge in [-0.1, -0.05) is 56.2 Å². The number of aryl methyl sites for hydroxylation is 1. The summed E-state index contributed by atoms with van der Waals surface area (Å²) in [4.78, 5) is 0. The fraction of sp³-hybridized carbons (Fsp3) is 0.556. The van der Waals surface area contributed by atoms with E-state index in [4.69, 9.17) is 0 Å². The van der Waals surface area contributed by atoms with Gasteiger partial charge in [0.1, 0.15) is 0 Å². The Morgan fingerprint density at radius 1 is 0.926 bits per heavy atom. The summed E-state index contributed by atoms with van der Waals surface area (Å²) in [6.45, 7) is 16.8. The van der Waals surface area contributed by atoms with Gasteiger partial charge in [-0.05, 0) is 99.1 Å². The van der Waals surface area contributed by atoms with Gasteiger partial charge in [0.2, 0.25) is 0 Å². The van der Waals surface area contributed by atoms with E-state index in [9.17, 15) is 0 Å². The number of benzene rings is 1. The van der Waals surface area contributed by atoms with Gasteiger partial charge in [-0.2, -0.15) is 0 Å². The molecule has 0 aliphatic heterocycles. The molecule has 0 saturated heterocycles. The molecule has 0 saturated carbocycles. The zero-order valence-corrected chi connectivity index (χ0v) is 18.4. The third-order valence-corrected chi connectivity index (χ3v) is 8.37. The molecule has 0 radical (unpaired) electrons. The monoisotopic (exact) mass is 360 g/mol. The minimum absolute atomic E-state index is 0.0831. The molecule has 0 heterocycles. The van der Waals surface area contributed by atoms with Crippen molar-refractivity contribution in [3.05, 3.63) is 62.8 Å². The van der Waals surface area contributed by atoms with E-state index < -0.39 is 0 Å². The zero-order chi connectivity index (χ0) is 19.6. The van der Waals surface area contributed by atoms with E-state index >= 15 is 0 Å². The molecule has 0 aromatic heterocycles. The highest BCUT2D eigenvalue weighted by Crippen LogP contribution is 2.63. The maximum Gasteiger partial charge on any atom is 0.0275 e. The largest absolute Gasteiger partial charge is 0.0721 e. The lowest BCUT2D eigenvalue weighted by Gasteiger charge is -2.49. The van der Waals surface area contributed by atoms with Crippen LogP contribution in [-0.4, -0.2) is 0 Å². The van der Waals surface area contributed by atoms with Crippen molar-refractivity contribution in [2.45, 2.75) is 86.0 Å². The van der Waals surface area contributed by atoms with Gasteiger partial charge in [-0.25, -0.2) is 0 Å². The topological polar surface area (TPSA) is 0 Å². The number of allylic oxidation sites excluding steroid dienone is 5. The van der Waals surface area contributed by atoms with Gasteiger partial charge in [0.25, 0.3) is 0 Å². The van der Waals surface area contributed by atoms with Crippen LogP contribution in [0.4, 0.5) is 0 Å². The van der Waals surface area contributed by atoms with E-state index in [1.165, 1.54) is 48.8 Å². The highest BCUT2D eigenvalue weighted by atomic mass is 14.6.